The number of Topliss-reactive ketones (excluding diaryl/α,β-unsaturated/α-hetero) is 5. The van der Waals surface area contributed by atoms with Gasteiger partial charge in [-0.3, -0.25) is 28.8 Å². The number of hydrogen-bond acceptors (Lipinski definition) is 10. The van der Waals surface area contributed by atoms with Gasteiger partial charge in [0.05, 0.1) is 23.8 Å². The molecule has 0 aromatic heterocycles. The van der Waals surface area contributed by atoms with E-state index < -0.39 is 44.5 Å². The van der Waals surface area contributed by atoms with Crippen LogP contribution in [0.25, 0.3) is 0 Å². The van der Waals surface area contributed by atoms with Gasteiger partial charge in [0.25, 0.3) is 5.91 Å². The predicted molar refractivity (Wildman–Crippen MR) is 253 cm³/mol. The number of carbonyl (C=O) groups excluding carboxylic acids is 6. The van der Waals surface area contributed by atoms with Gasteiger partial charge in [0.2, 0.25) is 15.8 Å². The van der Waals surface area contributed by atoms with Crippen LogP contribution in [0.2, 0.25) is 0 Å². The molecule has 358 valence electrons. The number of aryl methyl sites for hydroxylation is 3. The van der Waals surface area contributed by atoms with Crippen molar-refractivity contribution in [2.45, 2.75) is 173 Å². The normalized spacial score (nSPS) is 19.6. The first-order valence-electron chi connectivity index (χ1n) is 24.3. The van der Waals surface area contributed by atoms with Gasteiger partial charge in [-0.05, 0) is 144 Å². The van der Waals surface area contributed by atoms with E-state index in [4.69, 9.17) is 4.74 Å². The molecule has 2 unspecified atom stereocenters. The first-order valence-corrected chi connectivity index (χ1v) is 25.8. The molecule has 1 saturated carbocycles. The molecule has 1 amide bonds. The first kappa shape index (κ1) is 51.9. The summed E-state index contributed by atoms with van der Waals surface area (Å²) in [6.07, 6.45) is 10.9. The lowest BCUT2D eigenvalue weighted by Gasteiger charge is -2.36. The Morgan fingerprint density at radius 2 is 1.60 bits per heavy atom. The molecular formula is C52H75N3O9S. The molecule has 3 aliphatic rings. The largest absolute Gasteiger partial charge is 0.486 e. The summed E-state index contributed by atoms with van der Waals surface area (Å²) < 4.78 is 33.9. The van der Waals surface area contributed by atoms with Crippen LogP contribution in [0.15, 0.2) is 42.5 Å². The van der Waals surface area contributed by atoms with E-state index in [1.54, 1.807) is 13.8 Å². The lowest BCUT2D eigenvalue weighted by atomic mass is 9.82. The van der Waals surface area contributed by atoms with Crippen LogP contribution < -0.4 is 4.74 Å². The Kier molecular flexibility index (Phi) is 19.2. The van der Waals surface area contributed by atoms with Crippen LogP contribution >= 0.6 is 0 Å². The fraction of sp³-hybridized carbons (Fsp3) is 0.654. The van der Waals surface area contributed by atoms with Gasteiger partial charge >= 0.3 is 0 Å². The van der Waals surface area contributed by atoms with Crippen LogP contribution in [0.1, 0.15) is 158 Å². The van der Waals surface area contributed by atoms with Gasteiger partial charge in [-0.15, -0.1) is 0 Å². The van der Waals surface area contributed by atoms with E-state index in [1.165, 1.54) is 32.9 Å². The summed E-state index contributed by atoms with van der Waals surface area (Å²) in [5.74, 6) is -0.987. The van der Waals surface area contributed by atoms with Gasteiger partial charge in [0.15, 0.2) is 17.3 Å². The Hall–Kier alpha value is -4.07. The Balaban J connectivity index is 1.06. The van der Waals surface area contributed by atoms with Crippen molar-refractivity contribution in [2.75, 3.05) is 39.8 Å². The fourth-order valence-corrected chi connectivity index (χ4v) is 11.4. The molecule has 65 heavy (non-hydrogen) atoms. The summed E-state index contributed by atoms with van der Waals surface area (Å²) in [7, 11) is -2.14. The fourth-order valence-electron chi connectivity index (χ4n) is 9.52. The topological polar surface area (TPSA) is 156 Å². The third kappa shape index (κ3) is 14.5. The maximum Gasteiger partial charge on any atom is 0.291 e. The lowest BCUT2D eigenvalue weighted by Crippen LogP contribution is -2.52. The van der Waals surface area contributed by atoms with Crippen molar-refractivity contribution >= 4 is 44.8 Å². The number of likely N-dealkylation sites (tertiary alicyclic amines) is 2. The third-order valence-corrected chi connectivity index (χ3v) is 16.9. The molecule has 2 saturated heterocycles. The highest BCUT2D eigenvalue weighted by molar-refractivity contribution is 7.89. The van der Waals surface area contributed by atoms with Gasteiger partial charge in [-0.1, -0.05) is 70.4 Å². The number of benzene rings is 2. The zero-order valence-corrected chi connectivity index (χ0v) is 40.9. The molecule has 2 aromatic rings. The minimum atomic E-state index is -3.63. The van der Waals surface area contributed by atoms with Crippen molar-refractivity contribution in [3.8, 4) is 5.75 Å². The quantitative estimate of drug-likeness (QED) is 0.0574. The van der Waals surface area contributed by atoms with Crippen molar-refractivity contribution < 1.29 is 41.9 Å². The number of unbranched alkanes of at least 4 members (excludes halogenated alkanes) is 4. The summed E-state index contributed by atoms with van der Waals surface area (Å²) in [5, 5.41) is -0.513. The van der Waals surface area contributed by atoms with Crippen molar-refractivity contribution in [3.63, 3.8) is 0 Å². The second-order valence-electron chi connectivity index (χ2n) is 19.7. The zero-order valence-electron chi connectivity index (χ0n) is 40.0. The summed E-state index contributed by atoms with van der Waals surface area (Å²) in [5.41, 5.74) is 3.79. The highest BCUT2D eigenvalue weighted by Crippen LogP contribution is 2.33. The molecular weight excluding hydrogens is 843 g/mol. The number of piperidine rings is 2. The van der Waals surface area contributed by atoms with E-state index >= 15 is 0 Å². The maximum absolute atomic E-state index is 14.2. The smallest absolute Gasteiger partial charge is 0.291 e. The number of rotatable bonds is 24. The molecule has 2 aromatic carbocycles. The second-order valence-corrected chi connectivity index (χ2v) is 21.9. The van der Waals surface area contributed by atoms with E-state index in [1.807, 2.05) is 31.2 Å². The SMILES string of the molecule is CCC(C)(C)C(=O)C(=O)N1CCCCC1C(=O)C[C@H](CCc1ccc(C)c(C)c1)c1cccc(OCC(=O)CCCCCCCN2CCC(S(=O)(=O)N(C)C3CCC(=O)CC3=O)CC2)c1. The number of carbonyl (C=O) groups is 6. The maximum atomic E-state index is 14.2. The minimum Gasteiger partial charge on any atom is -0.486 e. The van der Waals surface area contributed by atoms with E-state index in [9.17, 15) is 37.2 Å². The Morgan fingerprint density at radius 1 is 0.877 bits per heavy atom. The number of amides is 1. The van der Waals surface area contributed by atoms with Crippen LogP contribution in [-0.2, 0) is 45.2 Å². The van der Waals surface area contributed by atoms with E-state index in [0.29, 0.717) is 63.9 Å². The third-order valence-electron chi connectivity index (χ3n) is 14.5. The van der Waals surface area contributed by atoms with Crippen LogP contribution in [0.4, 0.5) is 0 Å². The molecule has 0 N–H and O–H groups in total. The predicted octanol–water partition coefficient (Wildman–Crippen LogP) is 8.07. The van der Waals surface area contributed by atoms with Crippen LogP contribution in [-0.4, -0.2) is 115 Å². The molecule has 0 bridgehead atoms. The Bertz CT molecular complexity index is 2110. The highest BCUT2D eigenvalue weighted by Gasteiger charge is 2.42. The molecule has 0 radical (unpaired) electrons. The van der Waals surface area contributed by atoms with Gasteiger partial charge in [-0.25, -0.2) is 8.42 Å². The van der Waals surface area contributed by atoms with E-state index in [-0.39, 0.29) is 61.3 Å². The molecule has 0 spiro atoms. The van der Waals surface area contributed by atoms with Gasteiger partial charge in [0, 0.05) is 38.3 Å². The molecule has 3 fully saturated rings. The van der Waals surface area contributed by atoms with Gasteiger partial charge < -0.3 is 14.5 Å². The van der Waals surface area contributed by atoms with Gasteiger partial charge in [-0.2, -0.15) is 4.31 Å². The lowest BCUT2D eigenvalue weighted by molar-refractivity contribution is -0.153. The van der Waals surface area contributed by atoms with Crippen molar-refractivity contribution in [3.05, 3.63) is 64.7 Å². The summed E-state index contributed by atoms with van der Waals surface area (Å²) in [4.78, 5) is 81.8. The molecule has 13 heteroatoms. The molecule has 12 nitrogen and oxygen atoms in total. The summed E-state index contributed by atoms with van der Waals surface area (Å²) >= 11 is 0. The molecule has 1 aliphatic carbocycles. The molecule has 2 aliphatic heterocycles. The Morgan fingerprint density at radius 3 is 2.31 bits per heavy atom. The molecule has 2 heterocycles. The molecule has 5 rings (SSSR count). The minimum absolute atomic E-state index is 0.0280. The van der Waals surface area contributed by atoms with E-state index in [2.05, 4.69) is 36.9 Å². The monoisotopic (exact) mass is 918 g/mol. The number of sulfonamides is 1. The standard InChI is InChI=1S/C52H75N3O9S/c1-7-52(4,5)50(60)51(61)55-29-14-12-19-47(55)48(58)34-41(23-22-39-21-20-37(2)38(3)32-39)40-16-15-18-44(33-40)64-36-43(57)17-11-9-8-10-13-28-54-30-26-45(27-31-54)65(62,63)53(6)46-25-24-42(56)35-49(46)59/h15-16,18,20-21,32-33,41,45-47H,7-14,17,19,22-31,34-36H2,1-6H3/t41-,46?,47?/m0/s1. The number of ether oxygens (including phenoxy) is 1. The van der Waals surface area contributed by atoms with Crippen molar-refractivity contribution in [2.24, 2.45) is 5.41 Å². The van der Waals surface area contributed by atoms with Crippen LogP contribution in [0.3, 0.4) is 0 Å². The number of ketones is 5. The van der Waals surface area contributed by atoms with Crippen molar-refractivity contribution in [1.82, 2.24) is 14.1 Å². The van der Waals surface area contributed by atoms with Crippen molar-refractivity contribution in [1.29, 1.82) is 0 Å². The number of nitrogens with zero attached hydrogens (tertiary/aromatic N) is 3. The first-order chi connectivity index (χ1) is 30.9. The Labute approximate surface area is 388 Å². The summed E-state index contributed by atoms with van der Waals surface area (Å²) in [6.45, 7) is 12.3. The van der Waals surface area contributed by atoms with E-state index in [0.717, 1.165) is 63.5 Å². The van der Waals surface area contributed by atoms with Gasteiger partial charge in [0.1, 0.15) is 18.1 Å². The second kappa shape index (κ2) is 24.1. The average Bonchev–Trinajstić information content (AvgIpc) is 3.29. The van der Waals surface area contributed by atoms with Crippen LogP contribution in [0.5, 0.6) is 5.75 Å². The molecule has 3 atom stereocenters. The summed E-state index contributed by atoms with van der Waals surface area (Å²) in [6, 6.07) is 12.8. The highest BCUT2D eigenvalue weighted by atomic mass is 32.2. The van der Waals surface area contributed by atoms with Crippen LogP contribution in [0, 0.1) is 19.3 Å². The number of hydrogen-bond donors (Lipinski definition) is 0. The average molecular weight is 918 g/mol. The number of likely N-dealkylation sites (N-methyl/N-ethyl adjacent to an activating group) is 1. The zero-order chi connectivity index (χ0) is 47.3.